The fourth-order valence-electron chi connectivity index (χ4n) is 1.85. The predicted octanol–water partition coefficient (Wildman–Crippen LogP) is 5.37. The molecule has 0 amide bonds. The van der Waals surface area contributed by atoms with Gasteiger partial charge in [-0.25, -0.2) is 4.39 Å². The second-order valence-corrected chi connectivity index (χ2v) is 9.42. The van der Waals surface area contributed by atoms with Crippen LogP contribution >= 0.6 is 0 Å². The monoisotopic (exact) mass is 266 g/mol. The maximum atomic E-state index is 13.7. The van der Waals surface area contributed by atoms with E-state index in [0.29, 0.717) is 5.76 Å². The van der Waals surface area contributed by atoms with E-state index in [1.807, 2.05) is 30.3 Å². The molecule has 0 aliphatic rings. The van der Waals surface area contributed by atoms with Gasteiger partial charge in [0, 0.05) is 5.56 Å². The molecule has 0 aliphatic heterocycles. The van der Waals surface area contributed by atoms with E-state index in [4.69, 9.17) is 4.43 Å². The molecule has 18 heavy (non-hydrogen) atoms. The van der Waals surface area contributed by atoms with Gasteiger partial charge in [-0.2, -0.15) is 0 Å². The summed E-state index contributed by atoms with van der Waals surface area (Å²) in [5, 5.41) is 0. The van der Waals surface area contributed by atoms with Crippen LogP contribution in [0.5, 0.6) is 0 Å². The van der Waals surface area contributed by atoms with Crippen LogP contribution in [0.4, 0.5) is 4.39 Å². The van der Waals surface area contributed by atoms with Gasteiger partial charge in [0.1, 0.15) is 11.6 Å². The Morgan fingerprint density at radius 3 is 2.33 bits per heavy atom. The summed E-state index contributed by atoms with van der Waals surface area (Å²) in [7, 11) is -1.83. The van der Waals surface area contributed by atoms with Crippen molar-refractivity contribution < 1.29 is 8.82 Å². The van der Waals surface area contributed by atoms with Crippen LogP contribution in [0.3, 0.4) is 0 Å². The highest BCUT2D eigenvalue weighted by atomic mass is 28.4. The Bertz CT molecular complexity index is 394. The number of halogens is 1. The summed E-state index contributed by atoms with van der Waals surface area (Å²) in [5.41, 5.74) is 0.828. The smallest absolute Gasteiger partial charge is 0.245 e. The number of unbranched alkanes of at least 4 members (excludes halogenated alkanes) is 1. The van der Waals surface area contributed by atoms with Gasteiger partial charge >= 0.3 is 0 Å². The molecule has 0 atom stereocenters. The van der Waals surface area contributed by atoms with Gasteiger partial charge in [0.2, 0.25) is 8.32 Å². The molecule has 1 aromatic rings. The minimum Gasteiger partial charge on any atom is -0.542 e. The van der Waals surface area contributed by atoms with Crippen LogP contribution < -0.4 is 0 Å². The Morgan fingerprint density at radius 2 is 1.83 bits per heavy atom. The molecule has 1 nitrogen and oxygen atoms in total. The van der Waals surface area contributed by atoms with Gasteiger partial charge in [0.25, 0.3) is 0 Å². The fraction of sp³-hybridized carbons (Fsp3) is 0.467. The van der Waals surface area contributed by atoms with E-state index in [9.17, 15) is 4.39 Å². The second kappa shape index (κ2) is 6.74. The van der Waals surface area contributed by atoms with Crippen LogP contribution in [0.1, 0.15) is 32.3 Å². The molecule has 0 saturated heterocycles. The lowest BCUT2D eigenvalue weighted by molar-refractivity contribution is 0.474. The van der Waals surface area contributed by atoms with Crippen molar-refractivity contribution in [3.63, 3.8) is 0 Å². The Morgan fingerprint density at radius 1 is 1.22 bits per heavy atom. The van der Waals surface area contributed by atoms with Crippen molar-refractivity contribution in [3.05, 3.63) is 41.7 Å². The number of hydrogen-bond donors (Lipinski definition) is 0. The van der Waals surface area contributed by atoms with Gasteiger partial charge in [-0.05, 0) is 26.1 Å². The largest absolute Gasteiger partial charge is 0.542 e. The third-order valence-electron chi connectivity index (χ3n) is 2.86. The summed E-state index contributed by atoms with van der Waals surface area (Å²) < 4.78 is 19.7. The Hall–Kier alpha value is -1.09. The molecule has 1 rings (SSSR count). The van der Waals surface area contributed by atoms with Crippen LogP contribution in [0.15, 0.2) is 36.2 Å². The van der Waals surface area contributed by atoms with Crippen molar-refractivity contribution in [2.75, 3.05) is 0 Å². The van der Waals surface area contributed by atoms with E-state index in [-0.39, 0.29) is 5.83 Å². The van der Waals surface area contributed by atoms with Crippen molar-refractivity contribution in [1.29, 1.82) is 0 Å². The molecule has 0 N–H and O–H groups in total. The first-order valence-corrected chi connectivity index (χ1v) is 9.68. The lowest BCUT2D eigenvalue weighted by atomic mass is 10.2. The molecule has 0 unspecified atom stereocenters. The molecule has 100 valence electrons. The summed E-state index contributed by atoms with van der Waals surface area (Å²) >= 11 is 0. The van der Waals surface area contributed by atoms with Crippen LogP contribution in [0.2, 0.25) is 19.1 Å². The van der Waals surface area contributed by atoms with Crippen molar-refractivity contribution in [2.45, 2.75) is 45.8 Å². The summed E-state index contributed by atoms with van der Waals surface area (Å²) in [6.45, 7) is 7.93. The van der Waals surface area contributed by atoms with E-state index in [0.717, 1.165) is 24.4 Å². The molecule has 0 saturated carbocycles. The lowest BCUT2D eigenvalue weighted by Crippen LogP contribution is -2.29. The maximum Gasteiger partial charge on any atom is 0.245 e. The van der Waals surface area contributed by atoms with Gasteiger partial charge in [-0.15, -0.1) is 0 Å². The average molecular weight is 266 g/mol. The first-order valence-electron chi connectivity index (χ1n) is 6.57. The molecule has 1 aromatic carbocycles. The fourth-order valence-corrected chi connectivity index (χ4v) is 3.97. The zero-order chi connectivity index (χ0) is 13.6. The highest BCUT2D eigenvalue weighted by Gasteiger charge is 2.26. The quantitative estimate of drug-likeness (QED) is 0.497. The van der Waals surface area contributed by atoms with Gasteiger partial charge in [-0.3, -0.25) is 0 Å². The van der Waals surface area contributed by atoms with Gasteiger partial charge in [0.15, 0.2) is 0 Å². The normalized spacial score (nSPS) is 13.2. The molecule has 3 heteroatoms. The standard InChI is InChI=1S/C15H23FOSi/c1-5-6-12-18(3,4)17-15(13(2)16)14-10-8-7-9-11-14/h7-11H,5-6,12H2,1-4H3/b15-13+. The summed E-state index contributed by atoms with van der Waals surface area (Å²) in [5.74, 6) is 0.182. The SMILES string of the molecule is CCCC[Si](C)(C)O/C(=C(\C)F)c1ccccc1. The molecule has 0 aromatic heterocycles. The van der Waals surface area contributed by atoms with Crippen molar-refractivity contribution in [2.24, 2.45) is 0 Å². The van der Waals surface area contributed by atoms with Crippen molar-refractivity contribution >= 4 is 14.1 Å². The van der Waals surface area contributed by atoms with Crippen molar-refractivity contribution in [1.82, 2.24) is 0 Å². The van der Waals surface area contributed by atoms with Crippen LogP contribution in [-0.4, -0.2) is 8.32 Å². The predicted molar refractivity (Wildman–Crippen MR) is 78.4 cm³/mol. The molecule has 0 bridgehead atoms. The third kappa shape index (κ3) is 4.65. The number of allylic oxidation sites excluding steroid dienone is 1. The first-order chi connectivity index (χ1) is 8.46. The molecular weight excluding hydrogens is 243 g/mol. The third-order valence-corrected chi connectivity index (χ3v) is 5.17. The molecular formula is C15H23FOSi. The number of rotatable bonds is 6. The van der Waals surface area contributed by atoms with E-state index in [1.165, 1.54) is 6.92 Å². The zero-order valence-electron chi connectivity index (χ0n) is 11.8. The Balaban J connectivity index is 2.87. The van der Waals surface area contributed by atoms with Crippen molar-refractivity contribution in [3.8, 4) is 0 Å². The van der Waals surface area contributed by atoms with Gasteiger partial charge in [-0.1, -0.05) is 50.1 Å². The Kier molecular flexibility index (Phi) is 5.60. The Labute approximate surface area is 111 Å². The molecule has 0 heterocycles. The topological polar surface area (TPSA) is 9.23 Å². The van der Waals surface area contributed by atoms with E-state index in [1.54, 1.807) is 0 Å². The summed E-state index contributed by atoms with van der Waals surface area (Å²) in [4.78, 5) is 0. The summed E-state index contributed by atoms with van der Waals surface area (Å²) in [6, 6.07) is 10.6. The minimum absolute atomic E-state index is 0.238. The van der Waals surface area contributed by atoms with Crippen LogP contribution in [0.25, 0.3) is 5.76 Å². The van der Waals surface area contributed by atoms with E-state index in [2.05, 4.69) is 20.0 Å². The molecule has 0 fully saturated rings. The lowest BCUT2D eigenvalue weighted by Gasteiger charge is -2.26. The zero-order valence-corrected chi connectivity index (χ0v) is 12.8. The van der Waals surface area contributed by atoms with E-state index < -0.39 is 8.32 Å². The molecule has 0 aliphatic carbocycles. The maximum absolute atomic E-state index is 13.7. The number of benzene rings is 1. The average Bonchev–Trinajstić information content (AvgIpc) is 2.34. The highest BCUT2D eigenvalue weighted by molar-refractivity contribution is 6.71. The number of hydrogen-bond acceptors (Lipinski definition) is 1. The van der Waals surface area contributed by atoms with Gasteiger partial charge < -0.3 is 4.43 Å². The second-order valence-electron chi connectivity index (χ2n) is 5.19. The molecule has 0 spiro atoms. The van der Waals surface area contributed by atoms with Gasteiger partial charge in [0.05, 0.1) is 0 Å². The van der Waals surface area contributed by atoms with E-state index >= 15 is 0 Å². The minimum atomic E-state index is -1.83. The highest BCUT2D eigenvalue weighted by Crippen LogP contribution is 2.27. The first kappa shape index (κ1) is 15.0. The van der Waals surface area contributed by atoms with Crippen LogP contribution in [-0.2, 0) is 4.43 Å². The summed E-state index contributed by atoms with van der Waals surface area (Å²) in [6.07, 6.45) is 2.30. The molecule has 0 radical (unpaired) electrons. The van der Waals surface area contributed by atoms with Crippen LogP contribution in [0, 0.1) is 0 Å².